The van der Waals surface area contributed by atoms with Gasteiger partial charge >= 0.3 is 6.18 Å². The zero-order chi connectivity index (χ0) is 24.2. The molecule has 1 atom stereocenters. The van der Waals surface area contributed by atoms with Crippen LogP contribution in [-0.2, 0) is 17.5 Å². The Hall–Kier alpha value is -2.49. The number of benzene rings is 2. The van der Waals surface area contributed by atoms with E-state index >= 15 is 0 Å². The van der Waals surface area contributed by atoms with Gasteiger partial charge in [0, 0.05) is 43.4 Å². The van der Waals surface area contributed by atoms with Crippen molar-refractivity contribution in [2.24, 2.45) is 0 Å². The van der Waals surface area contributed by atoms with E-state index in [-0.39, 0.29) is 18.9 Å². The summed E-state index contributed by atoms with van der Waals surface area (Å²) < 4.78 is 58.9. The Balaban J connectivity index is 1.24. The van der Waals surface area contributed by atoms with Crippen LogP contribution in [0.5, 0.6) is 11.5 Å². The number of alkyl halides is 3. The van der Waals surface area contributed by atoms with E-state index in [2.05, 4.69) is 14.5 Å². The van der Waals surface area contributed by atoms with Gasteiger partial charge in [0.25, 0.3) is 0 Å². The third kappa shape index (κ3) is 4.34. The molecule has 1 aromatic heterocycles. The van der Waals surface area contributed by atoms with Crippen LogP contribution < -0.4 is 9.47 Å². The Morgan fingerprint density at radius 2 is 1.80 bits per heavy atom. The second-order valence-electron chi connectivity index (χ2n) is 9.35. The molecule has 3 aromatic rings. The van der Waals surface area contributed by atoms with Crippen LogP contribution in [0.3, 0.4) is 0 Å². The van der Waals surface area contributed by atoms with Crippen LogP contribution >= 0.6 is 11.6 Å². The third-order valence-electron chi connectivity index (χ3n) is 7.12. The molecule has 2 fully saturated rings. The lowest BCUT2D eigenvalue weighted by molar-refractivity contribution is -0.137. The number of hydrogen-bond donors (Lipinski definition) is 0. The lowest BCUT2D eigenvalue weighted by Gasteiger charge is -2.34. The van der Waals surface area contributed by atoms with E-state index < -0.39 is 11.7 Å². The lowest BCUT2D eigenvalue weighted by atomic mass is 10.0. The minimum atomic E-state index is -4.40. The van der Waals surface area contributed by atoms with Crippen LogP contribution in [0, 0.1) is 0 Å². The normalized spacial score (nSPS) is 21.3. The van der Waals surface area contributed by atoms with Gasteiger partial charge in [0.05, 0.1) is 16.6 Å². The fourth-order valence-corrected chi connectivity index (χ4v) is 5.56. The van der Waals surface area contributed by atoms with Crippen LogP contribution in [0.1, 0.15) is 54.8 Å². The SMILES string of the molecule is FC(F)(F)c1ccc2c(c1)nc(C1CCCO1)n2C1CCN(Cc2cc3c(cc2Cl)OCO3)CC1. The molecular formula is C25H25ClF3N3O3. The van der Waals surface area contributed by atoms with E-state index in [1.807, 2.05) is 6.07 Å². The number of aromatic nitrogens is 2. The molecule has 0 radical (unpaired) electrons. The molecule has 0 aliphatic carbocycles. The maximum absolute atomic E-state index is 13.3. The Labute approximate surface area is 205 Å². The lowest BCUT2D eigenvalue weighted by Crippen LogP contribution is -2.34. The van der Waals surface area contributed by atoms with Gasteiger partial charge in [0.15, 0.2) is 11.5 Å². The molecule has 6 rings (SSSR count). The summed E-state index contributed by atoms with van der Waals surface area (Å²) in [6.07, 6.45) is -1.11. The van der Waals surface area contributed by atoms with E-state index in [1.165, 1.54) is 0 Å². The first kappa shape index (κ1) is 22.9. The summed E-state index contributed by atoms with van der Waals surface area (Å²) in [6.45, 7) is 3.22. The molecule has 3 aliphatic heterocycles. The van der Waals surface area contributed by atoms with Crippen LogP contribution in [0.15, 0.2) is 30.3 Å². The first-order valence-corrected chi connectivity index (χ1v) is 12.3. The standard InChI is InChI=1S/C25H25ClF3N3O3/c26-18-12-23-22(34-14-35-23)10-15(18)13-31-7-5-17(6-8-31)32-20-4-3-16(25(27,28)29)11-19(20)30-24(32)21-2-1-9-33-21/h3-4,10-12,17,21H,1-2,5-9,13-14H2. The van der Waals surface area contributed by atoms with Gasteiger partial charge < -0.3 is 18.8 Å². The van der Waals surface area contributed by atoms with E-state index in [1.54, 1.807) is 12.1 Å². The van der Waals surface area contributed by atoms with Crippen LogP contribution in [0.4, 0.5) is 13.2 Å². The molecule has 2 aromatic carbocycles. The van der Waals surface area contributed by atoms with Gasteiger partial charge in [0.1, 0.15) is 11.9 Å². The molecule has 6 nitrogen and oxygen atoms in total. The molecule has 0 N–H and O–H groups in total. The van der Waals surface area contributed by atoms with Crippen molar-refractivity contribution in [3.8, 4) is 11.5 Å². The third-order valence-corrected chi connectivity index (χ3v) is 7.47. The summed E-state index contributed by atoms with van der Waals surface area (Å²) in [5, 5.41) is 0.651. The minimum absolute atomic E-state index is 0.138. The number of likely N-dealkylation sites (tertiary alicyclic amines) is 1. The minimum Gasteiger partial charge on any atom is -0.454 e. The van der Waals surface area contributed by atoms with Crippen molar-refractivity contribution >= 4 is 22.6 Å². The van der Waals surface area contributed by atoms with Gasteiger partial charge in [-0.05, 0) is 55.5 Å². The van der Waals surface area contributed by atoms with Crippen molar-refractivity contribution in [1.29, 1.82) is 0 Å². The van der Waals surface area contributed by atoms with Crippen LogP contribution in [-0.4, -0.2) is 40.9 Å². The number of halogens is 4. The van der Waals surface area contributed by atoms with Gasteiger partial charge in [0.2, 0.25) is 6.79 Å². The smallest absolute Gasteiger partial charge is 0.416 e. The molecule has 4 heterocycles. The number of piperidine rings is 1. The Morgan fingerprint density at radius 1 is 1.03 bits per heavy atom. The van der Waals surface area contributed by atoms with Crippen molar-refractivity contribution < 1.29 is 27.4 Å². The summed E-state index contributed by atoms with van der Waals surface area (Å²) in [5.74, 6) is 2.12. The Morgan fingerprint density at radius 3 is 2.51 bits per heavy atom. The number of rotatable bonds is 4. The second-order valence-corrected chi connectivity index (χ2v) is 9.75. The molecule has 35 heavy (non-hydrogen) atoms. The van der Waals surface area contributed by atoms with E-state index in [0.717, 1.165) is 67.8 Å². The second kappa shape index (κ2) is 8.87. The summed E-state index contributed by atoms with van der Waals surface area (Å²) in [4.78, 5) is 7.00. The molecule has 0 amide bonds. The molecule has 2 saturated heterocycles. The summed E-state index contributed by atoms with van der Waals surface area (Å²) >= 11 is 6.47. The predicted octanol–water partition coefficient (Wildman–Crippen LogP) is 6.13. The molecular weight excluding hydrogens is 483 g/mol. The summed E-state index contributed by atoms with van der Waals surface area (Å²) in [7, 11) is 0. The molecule has 0 bridgehead atoms. The highest BCUT2D eigenvalue weighted by molar-refractivity contribution is 6.31. The number of ether oxygens (including phenoxy) is 3. The van der Waals surface area contributed by atoms with Crippen molar-refractivity contribution in [3.05, 3.63) is 52.3 Å². The van der Waals surface area contributed by atoms with Crippen LogP contribution in [0.2, 0.25) is 5.02 Å². The highest BCUT2D eigenvalue weighted by atomic mass is 35.5. The van der Waals surface area contributed by atoms with Crippen molar-refractivity contribution in [2.45, 2.75) is 50.6 Å². The summed E-state index contributed by atoms with van der Waals surface area (Å²) in [5.41, 5.74) is 1.42. The van der Waals surface area contributed by atoms with Gasteiger partial charge in [-0.25, -0.2) is 4.98 Å². The first-order chi connectivity index (χ1) is 16.9. The maximum Gasteiger partial charge on any atom is 0.416 e. The van der Waals surface area contributed by atoms with Crippen molar-refractivity contribution in [1.82, 2.24) is 14.5 Å². The maximum atomic E-state index is 13.3. The molecule has 0 spiro atoms. The van der Waals surface area contributed by atoms with Crippen molar-refractivity contribution in [2.75, 3.05) is 26.5 Å². The number of nitrogens with zero attached hydrogens (tertiary/aromatic N) is 3. The molecule has 3 aliphatic rings. The van der Waals surface area contributed by atoms with Crippen molar-refractivity contribution in [3.63, 3.8) is 0 Å². The molecule has 10 heteroatoms. The topological polar surface area (TPSA) is 48.8 Å². The Bertz CT molecular complexity index is 1250. The average molecular weight is 508 g/mol. The van der Waals surface area contributed by atoms with Crippen LogP contribution in [0.25, 0.3) is 11.0 Å². The average Bonchev–Trinajstić information content (AvgIpc) is 3.58. The summed E-state index contributed by atoms with van der Waals surface area (Å²) in [6, 6.07) is 7.74. The fourth-order valence-electron chi connectivity index (χ4n) is 5.34. The van der Waals surface area contributed by atoms with E-state index in [9.17, 15) is 13.2 Å². The number of imidazole rings is 1. The van der Waals surface area contributed by atoms with E-state index in [0.29, 0.717) is 35.2 Å². The fraction of sp³-hybridized carbons (Fsp3) is 0.480. The Kier molecular flexibility index (Phi) is 5.81. The van der Waals surface area contributed by atoms with Gasteiger partial charge in [-0.15, -0.1) is 0 Å². The molecule has 0 saturated carbocycles. The largest absolute Gasteiger partial charge is 0.454 e. The number of hydrogen-bond acceptors (Lipinski definition) is 5. The van der Waals surface area contributed by atoms with Gasteiger partial charge in [-0.2, -0.15) is 13.2 Å². The number of fused-ring (bicyclic) bond motifs is 2. The monoisotopic (exact) mass is 507 g/mol. The molecule has 186 valence electrons. The highest BCUT2D eigenvalue weighted by Crippen LogP contribution is 2.40. The highest BCUT2D eigenvalue weighted by Gasteiger charge is 2.34. The zero-order valence-corrected chi connectivity index (χ0v) is 19.7. The molecule has 1 unspecified atom stereocenters. The van der Waals surface area contributed by atoms with Gasteiger partial charge in [-0.3, -0.25) is 4.90 Å². The quantitative estimate of drug-likeness (QED) is 0.425. The van der Waals surface area contributed by atoms with Gasteiger partial charge in [-0.1, -0.05) is 11.6 Å². The first-order valence-electron chi connectivity index (χ1n) is 11.9. The predicted molar refractivity (Wildman–Crippen MR) is 124 cm³/mol. The van der Waals surface area contributed by atoms with E-state index in [4.69, 9.17) is 25.8 Å². The zero-order valence-electron chi connectivity index (χ0n) is 19.0.